The second-order valence-corrected chi connectivity index (χ2v) is 13.3. The molecule has 0 saturated heterocycles. The van der Waals surface area contributed by atoms with Crippen LogP contribution < -0.4 is 0 Å². The van der Waals surface area contributed by atoms with Gasteiger partial charge in [0.25, 0.3) is 0 Å². The van der Waals surface area contributed by atoms with Crippen molar-refractivity contribution in [2.75, 3.05) is 6.61 Å². The normalized spacial score (nSPS) is 11.7. The molecule has 0 spiro atoms. The molecule has 1 N–H and O–H groups in total. The van der Waals surface area contributed by atoms with Crippen molar-refractivity contribution in [3.63, 3.8) is 0 Å². The van der Waals surface area contributed by atoms with E-state index in [0.29, 0.717) is 6.42 Å². The van der Waals surface area contributed by atoms with Crippen LogP contribution in [0.25, 0.3) is 0 Å². The summed E-state index contributed by atoms with van der Waals surface area (Å²) in [5.41, 5.74) is 0. The minimum atomic E-state index is -4.26. The molecule has 0 aliphatic heterocycles. The molecule has 0 rings (SSSR count). The maximum atomic E-state index is 10.4. The SMILES string of the molecule is CCCCCCCCCCCCCCCCCCCCCCCCCCCCCCCCCCOS(=O)(=O)O.[Na]. The Bertz CT molecular complexity index is 556. The molecule has 0 bridgehead atoms. The number of rotatable bonds is 34. The molecule has 0 saturated carbocycles. The maximum absolute atomic E-state index is 10.4. The molecule has 6 heteroatoms. The predicted molar refractivity (Wildman–Crippen MR) is 177 cm³/mol. The van der Waals surface area contributed by atoms with Gasteiger partial charge in [-0.3, -0.25) is 4.55 Å². The Morgan fingerprint density at radius 3 is 0.725 bits per heavy atom. The van der Waals surface area contributed by atoms with Crippen molar-refractivity contribution in [3.05, 3.63) is 0 Å². The molecule has 0 aliphatic rings. The molecular weight excluding hydrogens is 527 g/mol. The van der Waals surface area contributed by atoms with Gasteiger partial charge in [0, 0.05) is 29.6 Å². The van der Waals surface area contributed by atoms with Gasteiger partial charge in [0.05, 0.1) is 6.61 Å². The second kappa shape index (κ2) is 36.1. The standard InChI is InChI=1S/C34H70O4S.Na/c1-2-3-4-5-6-7-8-9-10-11-12-13-14-15-16-17-18-19-20-21-22-23-24-25-26-27-28-29-30-31-32-33-34-38-39(35,36)37;/h2-34H2,1H3,(H,35,36,37);. The fourth-order valence-corrected chi connectivity index (χ4v) is 5.97. The van der Waals surface area contributed by atoms with Crippen molar-refractivity contribution < 1.29 is 17.2 Å². The summed E-state index contributed by atoms with van der Waals surface area (Å²) in [6.07, 6.45) is 44.1. The number of hydrogen-bond donors (Lipinski definition) is 1. The van der Waals surface area contributed by atoms with Gasteiger partial charge in [0.2, 0.25) is 0 Å². The van der Waals surface area contributed by atoms with Crippen LogP contribution in [0.1, 0.15) is 212 Å². The van der Waals surface area contributed by atoms with Gasteiger partial charge < -0.3 is 0 Å². The molecule has 0 unspecified atom stereocenters. The van der Waals surface area contributed by atoms with Crippen molar-refractivity contribution in [2.45, 2.75) is 212 Å². The van der Waals surface area contributed by atoms with E-state index in [1.165, 1.54) is 186 Å². The van der Waals surface area contributed by atoms with E-state index in [-0.39, 0.29) is 36.2 Å². The van der Waals surface area contributed by atoms with Crippen LogP contribution in [0.15, 0.2) is 0 Å². The summed E-state index contributed by atoms with van der Waals surface area (Å²) in [6, 6.07) is 0. The molecular formula is C34H70NaO4S. The average molecular weight is 598 g/mol. The third kappa shape index (κ3) is 41.0. The molecule has 0 aromatic rings. The van der Waals surface area contributed by atoms with E-state index in [0.717, 1.165) is 12.8 Å². The van der Waals surface area contributed by atoms with Crippen LogP contribution in [0, 0.1) is 0 Å². The second-order valence-electron chi connectivity index (χ2n) is 12.2. The van der Waals surface area contributed by atoms with Crippen LogP contribution in [0.3, 0.4) is 0 Å². The summed E-state index contributed by atoms with van der Waals surface area (Å²) in [7, 11) is -4.26. The third-order valence-electron chi connectivity index (χ3n) is 8.23. The molecule has 40 heavy (non-hydrogen) atoms. The molecule has 0 atom stereocenters. The summed E-state index contributed by atoms with van der Waals surface area (Å²) in [5.74, 6) is 0. The first-order chi connectivity index (χ1) is 19.1. The average Bonchev–Trinajstić information content (AvgIpc) is 2.90. The number of unbranched alkanes of at least 4 members (excludes halogenated alkanes) is 31. The Hall–Kier alpha value is 0.870. The first kappa shape index (κ1) is 43.0. The third-order valence-corrected chi connectivity index (χ3v) is 8.69. The minimum absolute atomic E-state index is 0. The van der Waals surface area contributed by atoms with Crippen molar-refractivity contribution >= 4 is 40.0 Å². The summed E-state index contributed by atoms with van der Waals surface area (Å²) >= 11 is 0. The maximum Gasteiger partial charge on any atom is 0.397 e. The fraction of sp³-hybridized carbons (Fsp3) is 1.00. The van der Waals surface area contributed by atoms with Crippen molar-refractivity contribution in [3.8, 4) is 0 Å². The Labute approximate surface area is 274 Å². The molecule has 0 heterocycles. The van der Waals surface area contributed by atoms with Gasteiger partial charge in [-0.25, -0.2) is 4.18 Å². The quantitative estimate of drug-likeness (QED) is 0.0455. The summed E-state index contributed by atoms with van der Waals surface area (Å²) < 4.78 is 33.7. The van der Waals surface area contributed by atoms with Crippen molar-refractivity contribution in [1.29, 1.82) is 0 Å². The van der Waals surface area contributed by atoms with Crippen LogP contribution in [-0.4, -0.2) is 49.1 Å². The van der Waals surface area contributed by atoms with Gasteiger partial charge in [-0.2, -0.15) is 8.42 Å². The Kier molecular flexibility index (Phi) is 38.8. The molecule has 237 valence electrons. The van der Waals surface area contributed by atoms with Gasteiger partial charge in [0.15, 0.2) is 0 Å². The molecule has 0 aromatic heterocycles. The molecule has 0 fully saturated rings. The van der Waals surface area contributed by atoms with Gasteiger partial charge in [-0.05, 0) is 6.42 Å². The molecule has 1 radical (unpaired) electrons. The van der Waals surface area contributed by atoms with Crippen LogP contribution in [0.2, 0.25) is 0 Å². The van der Waals surface area contributed by atoms with E-state index in [4.69, 9.17) is 4.55 Å². The predicted octanol–water partition coefficient (Wildman–Crippen LogP) is 11.9. The number of hydrogen-bond acceptors (Lipinski definition) is 3. The van der Waals surface area contributed by atoms with Gasteiger partial charge in [0.1, 0.15) is 0 Å². The first-order valence-corrected chi connectivity index (χ1v) is 19.0. The smallest absolute Gasteiger partial charge is 0.264 e. The zero-order chi connectivity index (χ0) is 28.5. The van der Waals surface area contributed by atoms with Crippen molar-refractivity contribution in [2.24, 2.45) is 0 Å². The van der Waals surface area contributed by atoms with E-state index >= 15 is 0 Å². The topological polar surface area (TPSA) is 63.6 Å². The largest absolute Gasteiger partial charge is 0.397 e. The fourth-order valence-electron chi connectivity index (χ4n) is 5.64. The molecule has 0 aliphatic carbocycles. The molecule has 4 nitrogen and oxygen atoms in total. The summed E-state index contributed by atoms with van der Waals surface area (Å²) in [4.78, 5) is 0. The van der Waals surface area contributed by atoms with E-state index in [1.807, 2.05) is 0 Å². The van der Waals surface area contributed by atoms with Crippen molar-refractivity contribution in [1.82, 2.24) is 0 Å². The Balaban J connectivity index is 0. The van der Waals surface area contributed by atoms with Gasteiger partial charge >= 0.3 is 10.4 Å². The van der Waals surface area contributed by atoms with E-state index < -0.39 is 10.4 Å². The van der Waals surface area contributed by atoms with Crippen LogP contribution in [-0.2, 0) is 14.6 Å². The first-order valence-electron chi connectivity index (χ1n) is 17.7. The Morgan fingerprint density at radius 2 is 0.550 bits per heavy atom. The van der Waals surface area contributed by atoms with E-state index in [1.54, 1.807) is 0 Å². The van der Waals surface area contributed by atoms with Gasteiger partial charge in [-0.1, -0.05) is 206 Å². The van der Waals surface area contributed by atoms with Gasteiger partial charge in [-0.15, -0.1) is 0 Å². The molecule has 0 amide bonds. The summed E-state index contributed by atoms with van der Waals surface area (Å²) in [5, 5.41) is 0. The van der Waals surface area contributed by atoms with Crippen LogP contribution in [0.4, 0.5) is 0 Å². The summed E-state index contributed by atoms with van der Waals surface area (Å²) in [6.45, 7) is 2.39. The molecule has 0 aromatic carbocycles. The minimum Gasteiger partial charge on any atom is -0.264 e. The zero-order valence-electron chi connectivity index (χ0n) is 27.4. The van der Waals surface area contributed by atoms with E-state index in [9.17, 15) is 8.42 Å². The van der Waals surface area contributed by atoms with E-state index in [2.05, 4.69) is 11.1 Å². The van der Waals surface area contributed by atoms with Crippen LogP contribution in [0.5, 0.6) is 0 Å². The Morgan fingerprint density at radius 1 is 0.375 bits per heavy atom. The monoisotopic (exact) mass is 597 g/mol. The zero-order valence-corrected chi connectivity index (χ0v) is 30.2. The van der Waals surface area contributed by atoms with Crippen LogP contribution >= 0.6 is 0 Å².